The van der Waals surface area contributed by atoms with E-state index in [1.165, 1.54) is 11.1 Å². The van der Waals surface area contributed by atoms with Crippen molar-refractivity contribution in [2.24, 2.45) is 0 Å². The Labute approximate surface area is 218 Å². The van der Waals surface area contributed by atoms with Crippen molar-refractivity contribution in [3.63, 3.8) is 0 Å². The van der Waals surface area contributed by atoms with Crippen molar-refractivity contribution in [3.8, 4) is 5.75 Å². The molecular formula is C30H34ClN3O2. The van der Waals surface area contributed by atoms with Crippen LogP contribution in [-0.4, -0.2) is 28.6 Å². The fourth-order valence-electron chi connectivity index (χ4n) is 4.46. The lowest BCUT2D eigenvalue weighted by atomic mass is 10.1. The highest BCUT2D eigenvalue weighted by Gasteiger charge is 2.11. The molecule has 0 fully saturated rings. The fraction of sp³-hybridized carbons (Fsp3) is 0.333. The van der Waals surface area contributed by atoms with E-state index >= 15 is 0 Å². The molecule has 0 aliphatic heterocycles. The van der Waals surface area contributed by atoms with Crippen LogP contribution in [0.25, 0.3) is 11.0 Å². The number of ether oxygens (including phenoxy) is 1. The number of nitrogens with zero attached hydrogens (tertiary/aromatic N) is 2. The van der Waals surface area contributed by atoms with E-state index in [0.29, 0.717) is 18.2 Å². The second kappa shape index (κ2) is 12.6. The molecule has 3 aromatic carbocycles. The molecule has 1 heterocycles. The first kappa shape index (κ1) is 25.8. The van der Waals surface area contributed by atoms with Crippen molar-refractivity contribution < 1.29 is 9.53 Å². The summed E-state index contributed by atoms with van der Waals surface area (Å²) in [5.74, 6) is 1.96. The first-order valence-electron chi connectivity index (χ1n) is 12.7. The number of unbranched alkanes of at least 4 members (excludes halogenated alkanes) is 2. The molecule has 0 aliphatic carbocycles. The Bertz CT molecular complexity index is 1300. The fourth-order valence-corrected chi connectivity index (χ4v) is 4.59. The first-order chi connectivity index (χ1) is 17.5. The molecule has 0 atom stereocenters. The van der Waals surface area contributed by atoms with Gasteiger partial charge in [-0.15, -0.1) is 0 Å². The largest absolute Gasteiger partial charge is 0.494 e. The molecule has 0 aliphatic rings. The third kappa shape index (κ3) is 6.88. The van der Waals surface area contributed by atoms with Crippen molar-refractivity contribution in [1.82, 2.24) is 14.9 Å². The van der Waals surface area contributed by atoms with Gasteiger partial charge in [-0.25, -0.2) is 4.98 Å². The molecule has 36 heavy (non-hydrogen) atoms. The number of imidazole rings is 1. The molecule has 0 saturated carbocycles. The summed E-state index contributed by atoms with van der Waals surface area (Å²) in [6, 6.07) is 21.7. The average Bonchev–Trinajstić information content (AvgIpc) is 3.22. The highest BCUT2D eigenvalue weighted by molar-refractivity contribution is 6.30. The topological polar surface area (TPSA) is 56.2 Å². The molecule has 1 N–H and O–H groups in total. The number of para-hydroxylation sites is 2. The number of hydrogen-bond donors (Lipinski definition) is 1. The third-order valence-corrected chi connectivity index (χ3v) is 6.58. The molecule has 4 aromatic rings. The Morgan fingerprint density at radius 3 is 2.58 bits per heavy atom. The van der Waals surface area contributed by atoms with Crippen molar-refractivity contribution in [3.05, 3.63) is 94.3 Å². The number of rotatable bonds is 12. The molecule has 0 radical (unpaired) electrons. The minimum Gasteiger partial charge on any atom is -0.494 e. The average molecular weight is 504 g/mol. The highest BCUT2D eigenvalue weighted by atomic mass is 35.5. The van der Waals surface area contributed by atoms with E-state index < -0.39 is 0 Å². The van der Waals surface area contributed by atoms with E-state index in [1.54, 1.807) is 0 Å². The predicted molar refractivity (Wildman–Crippen MR) is 147 cm³/mol. The van der Waals surface area contributed by atoms with Crippen molar-refractivity contribution in [2.45, 2.75) is 52.5 Å². The molecule has 0 bridgehead atoms. The number of halogens is 1. The summed E-state index contributed by atoms with van der Waals surface area (Å²) in [4.78, 5) is 17.4. The van der Waals surface area contributed by atoms with Gasteiger partial charge in [0.1, 0.15) is 11.6 Å². The van der Waals surface area contributed by atoms with E-state index in [2.05, 4.69) is 28.1 Å². The van der Waals surface area contributed by atoms with Gasteiger partial charge in [-0.05, 0) is 81.1 Å². The summed E-state index contributed by atoms with van der Waals surface area (Å²) in [6.07, 6.45) is 4.82. The lowest BCUT2D eigenvalue weighted by Gasteiger charge is -2.11. The molecule has 188 valence electrons. The van der Waals surface area contributed by atoms with Crippen LogP contribution in [0.5, 0.6) is 5.75 Å². The minimum atomic E-state index is 0.00936. The van der Waals surface area contributed by atoms with Crippen LogP contribution in [-0.2, 0) is 13.0 Å². The molecular weight excluding hydrogens is 470 g/mol. The monoisotopic (exact) mass is 503 g/mol. The van der Waals surface area contributed by atoms with E-state index in [1.807, 2.05) is 62.4 Å². The summed E-state index contributed by atoms with van der Waals surface area (Å²) in [6.45, 7) is 6.20. The van der Waals surface area contributed by atoms with Crippen LogP contribution in [0.4, 0.5) is 0 Å². The number of hydrogen-bond acceptors (Lipinski definition) is 3. The standard InChI is InChI=1S/C30H34ClN3O2/c1-22-12-17-26(23(2)21-22)30(35)32-18-7-3-4-11-29-33-27-9-5-6-10-28(27)34(29)19-8-20-36-25-15-13-24(31)14-16-25/h5-6,9-10,12-17,21H,3-4,7-8,11,18-20H2,1-2H3,(H,32,35). The van der Waals surface area contributed by atoms with E-state index in [-0.39, 0.29) is 5.91 Å². The van der Waals surface area contributed by atoms with Crippen molar-refractivity contribution in [2.75, 3.05) is 13.2 Å². The second-order valence-corrected chi connectivity index (χ2v) is 9.65. The Hall–Kier alpha value is -3.31. The summed E-state index contributed by atoms with van der Waals surface area (Å²) in [5, 5.41) is 3.77. The van der Waals surface area contributed by atoms with E-state index in [0.717, 1.165) is 66.9 Å². The lowest BCUT2D eigenvalue weighted by Crippen LogP contribution is -2.25. The normalized spacial score (nSPS) is 11.1. The Kier molecular flexibility index (Phi) is 9.01. The molecule has 1 amide bonds. The molecule has 5 nitrogen and oxygen atoms in total. The zero-order valence-corrected chi connectivity index (χ0v) is 21.9. The summed E-state index contributed by atoms with van der Waals surface area (Å²) >= 11 is 5.95. The van der Waals surface area contributed by atoms with Crippen LogP contribution in [0, 0.1) is 13.8 Å². The Morgan fingerprint density at radius 1 is 0.972 bits per heavy atom. The quantitative estimate of drug-likeness (QED) is 0.213. The number of fused-ring (bicyclic) bond motifs is 1. The number of aryl methyl sites for hydroxylation is 4. The zero-order valence-electron chi connectivity index (χ0n) is 21.1. The van der Waals surface area contributed by atoms with Gasteiger partial charge in [-0.3, -0.25) is 4.79 Å². The SMILES string of the molecule is Cc1ccc(C(=O)NCCCCCc2nc3ccccc3n2CCCOc2ccc(Cl)cc2)c(C)c1. The highest BCUT2D eigenvalue weighted by Crippen LogP contribution is 2.20. The van der Waals surface area contributed by atoms with Crippen LogP contribution in [0.1, 0.15) is 53.0 Å². The number of nitrogens with one attached hydrogen (secondary N) is 1. The Balaban J connectivity index is 1.24. The maximum absolute atomic E-state index is 12.5. The molecule has 0 unspecified atom stereocenters. The van der Waals surface area contributed by atoms with Gasteiger partial charge < -0.3 is 14.6 Å². The smallest absolute Gasteiger partial charge is 0.251 e. The molecule has 0 saturated heterocycles. The molecule has 4 rings (SSSR count). The summed E-state index contributed by atoms with van der Waals surface area (Å²) in [7, 11) is 0. The zero-order chi connectivity index (χ0) is 25.3. The van der Waals surface area contributed by atoms with Gasteiger partial charge in [0.2, 0.25) is 0 Å². The van der Waals surface area contributed by atoms with Gasteiger partial charge >= 0.3 is 0 Å². The Morgan fingerprint density at radius 2 is 1.78 bits per heavy atom. The van der Waals surface area contributed by atoms with E-state index in [9.17, 15) is 4.79 Å². The van der Waals surface area contributed by atoms with Crippen molar-refractivity contribution in [1.29, 1.82) is 0 Å². The lowest BCUT2D eigenvalue weighted by molar-refractivity contribution is 0.0952. The predicted octanol–water partition coefficient (Wildman–Crippen LogP) is 6.92. The van der Waals surface area contributed by atoms with Gasteiger partial charge in [0.15, 0.2) is 0 Å². The molecule has 6 heteroatoms. The maximum atomic E-state index is 12.5. The van der Waals surface area contributed by atoms with Crippen LogP contribution >= 0.6 is 11.6 Å². The van der Waals surface area contributed by atoms with Gasteiger partial charge in [-0.1, -0.05) is 47.9 Å². The third-order valence-electron chi connectivity index (χ3n) is 6.33. The number of amides is 1. The molecule has 1 aromatic heterocycles. The van der Waals surface area contributed by atoms with Gasteiger partial charge in [-0.2, -0.15) is 0 Å². The number of carbonyl (C=O) groups excluding carboxylic acids is 1. The van der Waals surface area contributed by atoms with Crippen LogP contribution in [0.2, 0.25) is 5.02 Å². The van der Waals surface area contributed by atoms with Crippen LogP contribution < -0.4 is 10.1 Å². The van der Waals surface area contributed by atoms with E-state index in [4.69, 9.17) is 21.3 Å². The minimum absolute atomic E-state index is 0.00936. The van der Waals surface area contributed by atoms with Gasteiger partial charge in [0, 0.05) is 30.1 Å². The number of carbonyl (C=O) groups is 1. The van der Waals surface area contributed by atoms with Gasteiger partial charge in [0.25, 0.3) is 5.91 Å². The van der Waals surface area contributed by atoms with Gasteiger partial charge in [0.05, 0.1) is 17.6 Å². The first-order valence-corrected chi connectivity index (χ1v) is 13.1. The second-order valence-electron chi connectivity index (χ2n) is 9.21. The summed E-state index contributed by atoms with van der Waals surface area (Å²) in [5.41, 5.74) is 5.15. The number of benzene rings is 3. The van der Waals surface area contributed by atoms with Crippen LogP contribution in [0.15, 0.2) is 66.7 Å². The maximum Gasteiger partial charge on any atom is 0.251 e. The number of aromatic nitrogens is 2. The van der Waals surface area contributed by atoms with Crippen LogP contribution in [0.3, 0.4) is 0 Å². The summed E-state index contributed by atoms with van der Waals surface area (Å²) < 4.78 is 8.20. The van der Waals surface area contributed by atoms with Crippen molar-refractivity contribution >= 4 is 28.5 Å². The molecule has 0 spiro atoms.